The van der Waals surface area contributed by atoms with Gasteiger partial charge in [-0.3, -0.25) is 4.79 Å². The molecule has 0 heterocycles. The van der Waals surface area contributed by atoms with Crippen molar-refractivity contribution in [3.63, 3.8) is 0 Å². The molecule has 0 aromatic heterocycles. The third-order valence-corrected chi connectivity index (χ3v) is 1.77. The van der Waals surface area contributed by atoms with Crippen LogP contribution in [0.5, 0.6) is 5.75 Å². The first kappa shape index (κ1) is 8.78. The second-order valence-corrected chi connectivity index (χ2v) is 2.80. The quantitative estimate of drug-likeness (QED) is 0.681. The van der Waals surface area contributed by atoms with Crippen molar-refractivity contribution in [2.24, 2.45) is 0 Å². The zero-order valence-corrected chi connectivity index (χ0v) is 7.29. The highest BCUT2D eigenvalue weighted by Crippen LogP contribution is 2.19. The Labute approximate surface area is 71.8 Å². The molecule has 2 heteroatoms. The van der Waals surface area contributed by atoms with Crippen LogP contribution in [0.3, 0.4) is 0 Å². The van der Waals surface area contributed by atoms with Gasteiger partial charge in [-0.15, -0.1) is 0 Å². The van der Waals surface area contributed by atoms with Crippen LogP contribution in [0.4, 0.5) is 0 Å². The number of rotatable bonds is 2. The van der Waals surface area contributed by atoms with Crippen molar-refractivity contribution in [2.45, 2.75) is 20.3 Å². The van der Waals surface area contributed by atoms with E-state index in [4.69, 9.17) is 0 Å². The maximum Gasteiger partial charge on any atom is 0.166 e. The first-order valence-corrected chi connectivity index (χ1v) is 3.98. The van der Waals surface area contributed by atoms with Crippen molar-refractivity contribution in [3.05, 3.63) is 29.3 Å². The summed E-state index contributed by atoms with van der Waals surface area (Å²) < 4.78 is 0. The third-order valence-electron chi connectivity index (χ3n) is 1.77. The standard InChI is InChI=1S/C10H12O2/c1-3-9(11)8-5-4-7(2)6-10(8)12/h4-6,12H,3H2,1-2H3. The van der Waals surface area contributed by atoms with Gasteiger partial charge in [-0.25, -0.2) is 0 Å². The zero-order chi connectivity index (χ0) is 9.14. The first-order chi connectivity index (χ1) is 5.65. The number of hydrogen-bond donors (Lipinski definition) is 1. The summed E-state index contributed by atoms with van der Waals surface area (Å²) in [5.74, 6) is 0.0642. The minimum absolute atomic E-state index is 0.0208. The summed E-state index contributed by atoms with van der Waals surface area (Å²) in [6.07, 6.45) is 0.427. The molecular formula is C10H12O2. The molecule has 0 atom stereocenters. The van der Waals surface area contributed by atoms with E-state index in [1.807, 2.05) is 13.0 Å². The Morgan fingerprint density at radius 1 is 1.50 bits per heavy atom. The van der Waals surface area contributed by atoms with Crippen LogP contribution in [-0.4, -0.2) is 10.9 Å². The number of phenols is 1. The molecule has 1 N–H and O–H groups in total. The van der Waals surface area contributed by atoms with E-state index >= 15 is 0 Å². The molecule has 0 radical (unpaired) electrons. The lowest BCUT2D eigenvalue weighted by atomic mass is 10.1. The fourth-order valence-corrected chi connectivity index (χ4v) is 1.07. The van der Waals surface area contributed by atoms with Crippen molar-refractivity contribution >= 4 is 5.78 Å². The summed E-state index contributed by atoms with van der Waals surface area (Å²) in [5.41, 5.74) is 1.38. The van der Waals surface area contributed by atoms with Gasteiger partial charge in [0.05, 0.1) is 5.56 Å². The minimum Gasteiger partial charge on any atom is -0.507 e. The molecular weight excluding hydrogens is 152 g/mol. The summed E-state index contributed by atoms with van der Waals surface area (Å²) in [5, 5.41) is 9.37. The lowest BCUT2D eigenvalue weighted by molar-refractivity contribution is 0.0985. The average Bonchev–Trinajstić information content (AvgIpc) is 2.03. The molecule has 0 aliphatic carbocycles. The monoisotopic (exact) mass is 164 g/mol. The Kier molecular flexibility index (Phi) is 2.48. The van der Waals surface area contributed by atoms with Crippen LogP contribution in [0.15, 0.2) is 18.2 Å². The maximum absolute atomic E-state index is 11.2. The average molecular weight is 164 g/mol. The molecule has 0 spiro atoms. The first-order valence-electron chi connectivity index (χ1n) is 3.98. The highest BCUT2D eigenvalue weighted by Gasteiger charge is 2.07. The van der Waals surface area contributed by atoms with Gasteiger partial charge in [0.25, 0.3) is 0 Å². The molecule has 1 aromatic rings. The van der Waals surface area contributed by atoms with E-state index in [2.05, 4.69) is 0 Å². The summed E-state index contributed by atoms with van der Waals surface area (Å²) in [7, 11) is 0. The molecule has 0 amide bonds. The molecule has 12 heavy (non-hydrogen) atoms. The lowest BCUT2D eigenvalue weighted by Gasteiger charge is -2.01. The number of aryl methyl sites for hydroxylation is 1. The Balaban J connectivity index is 3.09. The van der Waals surface area contributed by atoms with E-state index < -0.39 is 0 Å². The number of ketones is 1. The largest absolute Gasteiger partial charge is 0.507 e. The fourth-order valence-electron chi connectivity index (χ4n) is 1.07. The van der Waals surface area contributed by atoms with Gasteiger partial charge in [-0.2, -0.15) is 0 Å². The number of aromatic hydroxyl groups is 1. The molecule has 2 nitrogen and oxygen atoms in total. The van der Waals surface area contributed by atoms with Crippen LogP contribution in [0.2, 0.25) is 0 Å². The van der Waals surface area contributed by atoms with Crippen LogP contribution in [-0.2, 0) is 0 Å². The third kappa shape index (κ3) is 1.64. The van der Waals surface area contributed by atoms with Crippen LogP contribution < -0.4 is 0 Å². The van der Waals surface area contributed by atoms with Gasteiger partial charge in [0, 0.05) is 6.42 Å². The molecule has 1 aromatic carbocycles. The molecule has 0 unspecified atom stereocenters. The molecule has 0 bridgehead atoms. The molecule has 0 aliphatic rings. The summed E-state index contributed by atoms with van der Waals surface area (Å²) in [6.45, 7) is 3.65. The van der Waals surface area contributed by atoms with E-state index in [1.165, 1.54) is 0 Å². The summed E-state index contributed by atoms with van der Waals surface area (Å²) in [6, 6.07) is 5.09. The van der Waals surface area contributed by atoms with Crippen molar-refractivity contribution in [1.29, 1.82) is 0 Å². The van der Waals surface area contributed by atoms with Crippen LogP contribution in [0, 0.1) is 6.92 Å². The van der Waals surface area contributed by atoms with Gasteiger partial charge >= 0.3 is 0 Å². The number of carbonyl (C=O) groups is 1. The number of Topliss-reactive ketones (excluding diaryl/α,β-unsaturated/α-hetero) is 1. The van der Waals surface area contributed by atoms with Gasteiger partial charge in [0.1, 0.15) is 5.75 Å². The Morgan fingerprint density at radius 2 is 2.17 bits per heavy atom. The van der Waals surface area contributed by atoms with Crippen LogP contribution in [0.1, 0.15) is 29.3 Å². The molecule has 0 saturated heterocycles. The SMILES string of the molecule is CCC(=O)c1ccc(C)cc1O. The summed E-state index contributed by atoms with van der Waals surface area (Å²) in [4.78, 5) is 11.2. The highest BCUT2D eigenvalue weighted by atomic mass is 16.3. The Bertz CT molecular complexity index is 303. The van der Waals surface area contributed by atoms with E-state index in [9.17, 15) is 9.90 Å². The van der Waals surface area contributed by atoms with Crippen LogP contribution >= 0.6 is 0 Å². The van der Waals surface area contributed by atoms with Gasteiger partial charge < -0.3 is 5.11 Å². The van der Waals surface area contributed by atoms with Gasteiger partial charge in [-0.1, -0.05) is 13.0 Å². The summed E-state index contributed by atoms with van der Waals surface area (Å²) >= 11 is 0. The van der Waals surface area contributed by atoms with Crippen molar-refractivity contribution < 1.29 is 9.90 Å². The van der Waals surface area contributed by atoms with Gasteiger partial charge in [0.15, 0.2) is 5.78 Å². The molecule has 1 rings (SSSR count). The topological polar surface area (TPSA) is 37.3 Å². The van der Waals surface area contributed by atoms with Gasteiger partial charge in [-0.05, 0) is 24.6 Å². The van der Waals surface area contributed by atoms with E-state index in [0.717, 1.165) is 5.56 Å². The number of benzene rings is 1. The maximum atomic E-state index is 11.2. The molecule has 0 saturated carbocycles. The predicted octanol–water partition coefficient (Wildman–Crippen LogP) is 2.29. The fraction of sp³-hybridized carbons (Fsp3) is 0.300. The van der Waals surface area contributed by atoms with Crippen molar-refractivity contribution in [3.8, 4) is 5.75 Å². The normalized spacial score (nSPS) is 9.83. The van der Waals surface area contributed by atoms with Crippen LogP contribution in [0.25, 0.3) is 0 Å². The van der Waals surface area contributed by atoms with Gasteiger partial charge in [0.2, 0.25) is 0 Å². The predicted molar refractivity (Wildman–Crippen MR) is 47.5 cm³/mol. The zero-order valence-electron chi connectivity index (χ0n) is 7.29. The molecule has 64 valence electrons. The van der Waals surface area contributed by atoms with E-state index in [-0.39, 0.29) is 11.5 Å². The number of hydrogen-bond acceptors (Lipinski definition) is 2. The molecule has 0 aliphatic heterocycles. The lowest BCUT2D eigenvalue weighted by Crippen LogP contribution is -1.96. The van der Waals surface area contributed by atoms with E-state index in [0.29, 0.717) is 12.0 Å². The number of carbonyl (C=O) groups excluding carboxylic acids is 1. The van der Waals surface area contributed by atoms with Crippen molar-refractivity contribution in [2.75, 3.05) is 0 Å². The van der Waals surface area contributed by atoms with E-state index in [1.54, 1.807) is 19.1 Å². The Morgan fingerprint density at radius 3 is 2.67 bits per heavy atom. The Hall–Kier alpha value is -1.31. The highest BCUT2D eigenvalue weighted by molar-refractivity contribution is 5.98. The molecule has 0 fully saturated rings. The second-order valence-electron chi connectivity index (χ2n) is 2.80. The minimum atomic E-state index is -0.0208. The number of phenolic OH excluding ortho intramolecular Hbond substituents is 1. The van der Waals surface area contributed by atoms with Crippen molar-refractivity contribution in [1.82, 2.24) is 0 Å². The second kappa shape index (κ2) is 3.39. The smallest absolute Gasteiger partial charge is 0.166 e.